The van der Waals surface area contributed by atoms with Crippen LogP contribution in [0.3, 0.4) is 0 Å². The van der Waals surface area contributed by atoms with Gasteiger partial charge in [0.15, 0.2) is 0 Å². The Kier molecular flexibility index (Phi) is 7.90. The molecule has 3 heteroatoms. The van der Waals surface area contributed by atoms with E-state index in [4.69, 9.17) is 5.11 Å². The van der Waals surface area contributed by atoms with Gasteiger partial charge in [0.25, 0.3) is 0 Å². The van der Waals surface area contributed by atoms with E-state index in [-0.39, 0.29) is 0 Å². The van der Waals surface area contributed by atoms with Crippen molar-refractivity contribution in [3.63, 3.8) is 0 Å². The summed E-state index contributed by atoms with van der Waals surface area (Å²) in [6.45, 7) is 2.18. The summed E-state index contributed by atoms with van der Waals surface area (Å²) in [7, 11) is 0. The molecule has 132 valence electrons. The summed E-state index contributed by atoms with van der Waals surface area (Å²) >= 11 is 0. The molecule has 0 amide bonds. The van der Waals surface area contributed by atoms with Crippen LogP contribution in [0.4, 0.5) is 0 Å². The quantitative estimate of drug-likeness (QED) is 0.412. The first-order chi connectivity index (χ1) is 12.2. The van der Waals surface area contributed by atoms with Gasteiger partial charge in [-0.2, -0.15) is 0 Å². The normalized spacial score (nSPS) is 10.4. The Balaban J connectivity index is 0.000000188. The van der Waals surface area contributed by atoms with Gasteiger partial charge in [0.05, 0.1) is 11.0 Å². The minimum absolute atomic E-state index is 0.339. The molecule has 0 unspecified atom stereocenters. The lowest BCUT2D eigenvalue weighted by molar-refractivity contribution is -0.137. The molecule has 0 aliphatic carbocycles. The Morgan fingerprint density at radius 1 is 0.840 bits per heavy atom. The van der Waals surface area contributed by atoms with Crippen molar-refractivity contribution in [1.29, 1.82) is 0 Å². The van der Waals surface area contributed by atoms with Gasteiger partial charge in [-0.25, -0.2) is 4.98 Å². The van der Waals surface area contributed by atoms with Gasteiger partial charge in [-0.1, -0.05) is 75.4 Å². The molecule has 0 atom stereocenters. The van der Waals surface area contributed by atoms with E-state index in [2.05, 4.69) is 30.1 Å². The molecule has 0 fully saturated rings. The molecular weight excluding hydrogens is 310 g/mol. The number of aliphatic carboxylic acids is 1. The topological polar surface area (TPSA) is 50.2 Å². The molecule has 1 N–H and O–H groups in total. The summed E-state index contributed by atoms with van der Waals surface area (Å²) in [5.41, 5.74) is 2.12. The number of carboxylic acids is 1. The molecule has 1 aromatic heterocycles. The van der Waals surface area contributed by atoms with E-state index in [1.165, 1.54) is 36.5 Å². The number of benzene rings is 2. The highest BCUT2D eigenvalue weighted by atomic mass is 16.4. The highest BCUT2D eigenvalue weighted by Crippen LogP contribution is 2.18. The second-order valence-corrected chi connectivity index (χ2v) is 6.29. The summed E-state index contributed by atoms with van der Waals surface area (Å²) in [4.78, 5) is 14.7. The number of hydrogen-bond donors (Lipinski definition) is 1. The maximum atomic E-state index is 10.1. The second kappa shape index (κ2) is 10.4. The highest BCUT2D eigenvalue weighted by molar-refractivity contribution is 5.92. The van der Waals surface area contributed by atoms with Gasteiger partial charge >= 0.3 is 5.97 Å². The maximum absolute atomic E-state index is 10.1. The minimum atomic E-state index is -0.666. The molecule has 3 aromatic rings. The zero-order valence-corrected chi connectivity index (χ0v) is 14.9. The number of carboxylic acid groups (broad SMARTS) is 1. The number of unbranched alkanes of at least 4 members (excludes halogenated alkanes) is 5. The van der Waals surface area contributed by atoms with Crippen molar-refractivity contribution in [2.24, 2.45) is 0 Å². The van der Waals surface area contributed by atoms with Gasteiger partial charge in [0.2, 0.25) is 0 Å². The fourth-order valence-electron chi connectivity index (χ4n) is 2.78. The Bertz CT molecular complexity index is 693. The van der Waals surface area contributed by atoms with Crippen LogP contribution in [0.25, 0.3) is 21.8 Å². The molecule has 2 aromatic carbocycles. The molecule has 1 heterocycles. The van der Waals surface area contributed by atoms with Crippen molar-refractivity contribution >= 4 is 27.8 Å². The summed E-state index contributed by atoms with van der Waals surface area (Å²) in [6, 6.07) is 18.6. The predicted molar refractivity (Wildman–Crippen MR) is 105 cm³/mol. The zero-order chi connectivity index (χ0) is 17.9. The first kappa shape index (κ1) is 18.9. The molecule has 0 bridgehead atoms. The number of hydrogen-bond acceptors (Lipinski definition) is 2. The van der Waals surface area contributed by atoms with E-state index in [9.17, 15) is 4.79 Å². The number of pyridine rings is 1. The van der Waals surface area contributed by atoms with Gasteiger partial charge in [0, 0.05) is 17.2 Å². The van der Waals surface area contributed by atoms with E-state index in [0.29, 0.717) is 6.42 Å². The SMILES string of the molecule is CCCCCCCCC(=O)O.c1ccc2nc3ccccc3cc2c1. The summed E-state index contributed by atoms with van der Waals surface area (Å²) < 4.78 is 0. The first-order valence-corrected chi connectivity index (χ1v) is 9.17. The number of fused-ring (bicyclic) bond motifs is 2. The summed E-state index contributed by atoms with van der Waals surface area (Å²) in [5.74, 6) is -0.666. The molecular formula is C22H27NO2. The van der Waals surface area contributed by atoms with Crippen molar-refractivity contribution in [2.45, 2.75) is 51.9 Å². The molecule has 0 saturated heterocycles. The highest BCUT2D eigenvalue weighted by Gasteiger charge is 1.97. The van der Waals surface area contributed by atoms with Crippen LogP contribution in [-0.4, -0.2) is 16.1 Å². The Labute approximate surface area is 149 Å². The summed E-state index contributed by atoms with van der Waals surface area (Å²) in [6.07, 6.45) is 7.25. The lowest BCUT2D eigenvalue weighted by atomic mass is 10.1. The van der Waals surface area contributed by atoms with Gasteiger partial charge in [-0.05, 0) is 24.6 Å². The monoisotopic (exact) mass is 337 g/mol. The Hall–Kier alpha value is -2.42. The van der Waals surface area contributed by atoms with Crippen LogP contribution in [0.2, 0.25) is 0 Å². The third-order valence-electron chi connectivity index (χ3n) is 4.17. The molecule has 0 aliphatic heterocycles. The van der Waals surface area contributed by atoms with Crippen LogP contribution in [-0.2, 0) is 4.79 Å². The number of aromatic nitrogens is 1. The predicted octanol–water partition coefficient (Wildman–Crippen LogP) is 6.21. The van der Waals surface area contributed by atoms with Crippen LogP contribution >= 0.6 is 0 Å². The van der Waals surface area contributed by atoms with Gasteiger partial charge in [-0.15, -0.1) is 0 Å². The van der Waals surface area contributed by atoms with E-state index in [1.54, 1.807) is 0 Å². The van der Waals surface area contributed by atoms with E-state index < -0.39 is 5.97 Å². The zero-order valence-electron chi connectivity index (χ0n) is 14.9. The molecule has 0 aliphatic rings. The van der Waals surface area contributed by atoms with Crippen molar-refractivity contribution in [2.75, 3.05) is 0 Å². The fourth-order valence-corrected chi connectivity index (χ4v) is 2.78. The lowest BCUT2D eigenvalue weighted by Crippen LogP contribution is -1.93. The molecule has 3 nitrogen and oxygen atoms in total. The maximum Gasteiger partial charge on any atom is 0.303 e. The largest absolute Gasteiger partial charge is 0.481 e. The van der Waals surface area contributed by atoms with E-state index in [1.807, 2.05) is 36.4 Å². The minimum Gasteiger partial charge on any atom is -0.481 e. The second-order valence-electron chi connectivity index (χ2n) is 6.29. The number of para-hydroxylation sites is 2. The van der Waals surface area contributed by atoms with Crippen molar-refractivity contribution < 1.29 is 9.90 Å². The van der Waals surface area contributed by atoms with E-state index in [0.717, 1.165) is 23.9 Å². The molecule has 0 radical (unpaired) electrons. The first-order valence-electron chi connectivity index (χ1n) is 9.17. The van der Waals surface area contributed by atoms with Crippen LogP contribution in [0.1, 0.15) is 51.9 Å². The van der Waals surface area contributed by atoms with Gasteiger partial charge < -0.3 is 5.11 Å². The number of carbonyl (C=O) groups is 1. The fraction of sp³-hybridized carbons (Fsp3) is 0.364. The van der Waals surface area contributed by atoms with Crippen molar-refractivity contribution in [3.8, 4) is 0 Å². The van der Waals surface area contributed by atoms with Crippen molar-refractivity contribution in [1.82, 2.24) is 4.98 Å². The smallest absolute Gasteiger partial charge is 0.303 e. The molecule has 0 spiro atoms. The third-order valence-corrected chi connectivity index (χ3v) is 4.17. The lowest BCUT2D eigenvalue weighted by Gasteiger charge is -1.99. The number of nitrogens with zero attached hydrogens (tertiary/aromatic N) is 1. The molecule has 3 rings (SSSR count). The van der Waals surface area contributed by atoms with Gasteiger partial charge in [0.1, 0.15) is 0 Å². The van der Waals surface area contributed by atoms with Crippen LogP contribution in [0, 0.1) is 0 Å². The Morgan fingerprint density at radius 2 is 1.36 bits per heavy atom. The summed E-state index contributed by atoms with van der Waals surface area (Å²) in [5, 5.41) is 10.7. The van der Waals surface area contributed by atoms with Crippen molar-refractivity contribution in [3.05, 3.63) is 54.6 Å². The van der Waals surface area contributed by atoms with Crippen LogP contribution in [0.5, 0.6) is 0 Å². The van der Waals surface area contributed by atoms with E-state index >= 15 is 0 Å². The number of rotatable bonds is 7. The van der Waals surface area contributed by atoms with Gasteiger partial charge in [-0.3, -0.25) is 4.79 Å². The average Bonchev–Trinajstić information content (AvgIpc) is 2.63. The molecule has 25 heavy (non-hydrogen) atoms. The van der Waals surface area contributed by atoms with Crippen LogP contribution in [0.15, 0.2) is 54.6 Å². The standard InChI is InChI=1S/C13H9N.C9H18O2/c1-3-7-12-10(5-1)9-11-6-2-4-8-13(11)14-12;1-2-3-4-5-6-7-8-9(10)11/h1-9H;2-8H2,1H3,(H,10,11). The Morgan fingerprint density at radius 3 is 1.92 bits per heavy atom. The third kappa shape index (κ3) is 6.54. The van der Waals surface area contributed by atoms with Crippen LogP contribution < -0.4 is 0 Å². The molecule has 0 saturated carbocycles. The average molecular weight is 337 g/mol.